The second-order valence-electron chi connectivity index (χ2n) is 4.46. The second-order valence-corrected chi connectivity index (χ2v) is 4.46. The van der Waals surface area contributed by atoms with Crippen molar-refractivity contribution in [2.24, 2.45) is 5.92 Å². The largest absolute Gasteiger partial charge is 0.348 e. The minimum absolute atomic E-state index is 0. The molecular formula is C11H20O3. The molecule has 0 bridgehead atoms. The molecule has 0 amide bonds. The summed E-state index contributed by atoms with van der Waals surface area (Å²) in [5.74, 6) is 0.595. The van der Waals surface area contributed by atoms with Crippen LogP contribution in [-0.2, 0) is 14.3 Å². The molecule has 1 heterocycles. The molecule has 1 aliphatic carbocycles. The van der Waals surface area contributed by atoms with Gasteiger partial charge in [-0.25, -0.2) is 0 Å². The van der Waals surface area contributed by atoms with Crippen LogP contribution in [0.15, 0.2) is 0 Å². The van der Waals surface area contributed by atoms with Gasteiger partial charge in [0, 0.05) is 20.7 Å². The van der Waals surface area contributed by atoms with Crippen molar-refractivity contribution in [3.8, 4) is 0 Å². The summed E-state index contributed by atoms with van der Waals surface area (Å²) in [5.41, 5.74) is 0. The first-order valence-corrected chi connectivity index (χ1v) is 5.48. The van der Waals surface area contributed by atoms with Gasteiger partial charge in [0.2, 0.25) is 0 Å². The summed E-state index contributed by atoms with van der Waals surface area (Å²) in [4.78, 5) is 11.0. The van der Waals surface area contributed by atoms with E-state index < -0.39 is 0 Å². The van der Waals surface area contributed by atoms with Gasteiger partial charge in [-0.05, 0) is 25.7 Å². The normalized spacial score (nSPS) is 26.9. The van der Waals surface area contributed by atoms with Crippen LogP contribution in [0.4, 0.5) is 0 Å². The van der Waals surface area contributed by atoms with Crippen LogP contribution in [0.3, 0.4) is 0 Å². The Kier molecular flexibility index (Phi) is 2.88. The molecule has 1 saturated heterocycles. The van der Waals surface area contributed by atoms with E-state index >= 15 is 0 Å². The lowest BCUT2D eigenvalue weighted by Crippen LogP contribution is -2.35. The Morgan fingerprint density at radius 1 is 1.36 bits per heavy atom. The Morgan fingerprint density at radius 3 is 2.43 bits per heavy atom. The molecule has 2 rings (SSSR count). The molecule has 2 aliphatic rings. The molecule has 0 aromatic carbocycles. The smallest absolute Gasteiger partial charge is 0.168 e. The highest BCUT2D eigenvalue weighted by Gasteiger charge is 2.40. The first kappa shape index (κ1) is 10.1. The van der Waals surface area contributed by atoms with Crippen LogP contribution in [0.2, 0.25) is 0 Å². The lowest BCUT2D eigenvalue weighted by molar-refractivity contribution is -0.183. The molecule has 0 unspecified atom stereocenters. The van der Waals surface area contributed by atoms with Crippen LogP contribution in [0.25, 0.3) is 0 Å². The summed E-state index contributed by atoms with van der Waals surface area (Å²) in [6, 6.07) is 0. The average molecular weight is 200 g/mol. The maximum absolute atomic E-state index is 11.0. The van der Waals surface area contributed by atoms with Crippen molar-refractivity contribution >= 4 is 5.78 Å². The zero-order chi connectivity index (χ0) is 10.0. The Balaban J connectivity index is 0.00000112. The molecule has 1 saturated carbocycles. The number of hydrogen-bond acceptors (Lipinski definition) is 3. The van der Waals surface area contributed by atoms with E-state index in [0.29, 0.717) is 11.7 Å². The number of ether oxygens (including phenoxy) is 2. The fourth-order valence-corrected chi connectivity index (χ4v) is 2.51. The van der Waals surface area contributed by atoms with Gasteiger partial charge in [0.1, 0.15) is 5.78 Å². The summed E-state index contributed by atoms with van der Waals surface area (Å²) >= 11 is 0. The van der Waals surface area contributed by atoms with E-state index in [0.717, 1.165) is 45.3 Å². The monoisotopic (exact) mass is 200 g/mol. The van der Waals surface area contributed by atoms with Crippen LogP contribution >= 0.6 is 0 Å². The van der Waals surface area contributed by atoms with Crippen LogP contribution in [0, 0.1) is 5.92 Å². The van der Waals surface area contributed by atoms with E-state index in [1.54, 1.807) is 6.92 Å². The van der Waals surface area contributed by atoms with Gasteiger partial charge in [0.15, 0.2) is 5.79 Å². The van der Waals surface area contributed by atoms with Crippen molar-refractivity contribution in [2.75, 3.05) is 13.2 Å². The average Bonchev–Trinajstić information content (AvgIpc) is 2.58. The summed E-state index contributed by atoms with van der Waals surface area (Å²) < 4.78 is 11.3. The zero-order valence-electron chi connectivity index (χ0n) is 8.75. The lowest BCUT2D eigenvalue weighted by Gasteiger charge is -2.35. The molecule has 82 valence electrons. The first-order chi connectivity index (χ1) is 6.70. The molecule has 1 aliphatic heterocycles. The highest BCUT2D eigenvalue weighted by Crippen LogP contribution is 2.39. The van der Waals surface area contributed by atoms with E-state index in [-0.39, 0.29) is 7.21 Å². The minimum atomic E-state index is -0.271. The standard InChI is InChI=1S/C11H18O3.H2/c1-9(12)8-10-2-4-11(5-3-10)13-6-7-14-11;/h10H,2-8H2,1H3;1H. The summed E-state index contributed by atoms with van der Waals surface area (Å²) in [7, 11) is 0. The Morgan fingerprint density at radius 2 is 1.93 bits per heavy atom. The van der Waals surface area contributed by atoms with E-state index in [9.17, 15) is 4.79 Å². The van der Waals surface area contributed by atoms with Gasteiger partial charge in [-0.3, -0.25) is 0 Å². The summed E-state index contributed by atoms with van der Waals surface area (Å²) in [6.07, 6.45) is 4.80. The van der Waals surface area contributed by atoms with Crippen LogP contribution in [-0.4, -0.2) is 24.8 Å². The van der Waals surface area contributed by atoms with Crippen LogP contribution in [0.1, 0.15) is 40.5 Å². The topological polar surface area (TPSA) is 35.5 Å². The first-order valence-electron chi connectivity index (χ1n) is 5.48. The molecule has 14 heavy (non-hydrogen) atoms. The Labute approximate surface area is 86.3 Å². The van der Waals surface area contributed by atoms with Crippen molar-refractivity contribution in [1.29, 1.82) is 0 Å². The molecule has 0 N–H and O–H groups in total. The maximum Gasteiger partial charge on any atom is 0.168 e. The van der Waals surface area contributed by atoms with Crippen molar-refractivity contribution < 1.29 is 15.7 Å². The number of carbonyl (C=O) groups excluding carboxylic acids is 1. The van der Waals surface area contributed by atoms with Crippen molar-refractivity contribution in [3.63, 3.8) is 0 Å². The third-order valence-corrected chi connectivity index (χ3v) is 3.26. The molecule has 0 aromatic heterocycles. The highest BCUT2D eigenvalue weighted by molar-refractivity contribution is 5.75. The molecule has 3 heteroatoms. The lowest BCUT2D eigenvalue weighted by atomic mass is 9.82. The van der Waals surface area contributed by atoms with Gasteiger partial charge in [0.25, 0.3) is 0 Å². The van der Waals surface area contributed by atoms with Crippen molar-refractivity contribution in [2.45, 2.75) is 44.8 Å². The number of rotatable bonds is 2. The van der Waals surface area contributed by atoms with E-state index in [1.165, 1.54) is 0 Å². The molecule has 3 nitrogen and oxygen atoms in total. The molecular weight excluding hydrogens is 180 g/mol. The minimum Gasteiger partial charge on any atom is -0.348 e. The quantitative estimate of drug-likeness (QED) is 0.685. The van der Waals surface area contributed by atoms with Crippen molar-refractivity contribution in [3.05, 3.63) is 0 Å². The molecule has 0 atom stereocenters. The van der Waals surface area contributed by atoms with Crippen LogP contribution < -0.4 is 0 Å². The third kappa shape index (κ3) is 2.15. The number of carbonyl (C=O) groups is 1. The van der Waals surface area contributed by atoms with Gasteiger partial charge in [0.05, 0.1) is 13.2 Å². The highest BCUT2D eigenvalue weighted by atomic mass is 16.7. The van der Waals surface area contributed by atoms with E-state index in [4.69, 9.17) is 9.47 Å². The summed E-state index contributed by atoms with van der Waals surface area (Å²) in [6.45, 7) is 3.14. The van der Waals surface area contributed by atoms with Gasteiger partial charge < -0.3 is 14.3 Å². The molecule has 0 aromatic rings. The number of ketones is 1. The molecule has 2 fully saturated rings. The summed E-state index contributed by atoms with van der Waals surface area (Å²) in [5, 5.41) is 0. The third-order valence-electron chi connectivity index (χ3n) is 3.26. The number of Topliss-reactive ketones (excluding diaryl/α,β-unsaturated/α-hetero) is 1. The fraction of sp³-hybridized carbons (Fsp3) is 0.909. The fourth-order valence-electron chi connectivity index (χ4n) is 2.51. The van der Waals surface area contributed by atoms with Gasteiger partial charge in [-0.15, -0.1) is 0 Å². The predicted octanol–water partition coefficient (Wildman–Crippen LogP) is 2.14. The molecule has 1 spiro atoms. The van der Waals surface area contributed by atoms with Gasteiger partial charge in [-0.2, -0.15) is 0 Å². The van der Waals surface area contributed by atoms with Crippen molar-refractivity contribution in [1.82, 2.24) is 0 Å². The van der Waals surface area contributed by atoms with Crippen LogP contribution in [0.5, 0.6) is 0 Å². The molecule has 0 radical (unpaired) electrons. The van der Waals surface area contributed by atoms with E-state index in [2.05, 4.69) is 0 Å². The maximum atomic E-state index is 11.0. The Hall–Kier alpha value is -0.410. The number of hydrogen-bond donors (Lipinski definition) is 0. The zero-order valence-corrected chi connectivity index (χ0v) is 8.75. The SMILES string of the molecule is CC(=O)CC1CCC2(CC1)OCCO2.[HH]. The van der Waals surface area contributed by atoms with E-state index in [1.807, 2.05) is 0 Å². The van der Waals surface area contributed by atoms with Gasteiger partial charge >= 0.3 is 0 Å². The Bertz CT molecular complexity index is 214. The predicted molar refractivity (Wildman–Crippen MR) is 54.0 cm³/mol. The second kappa shape index (κ2) is 3.99. The van der Waals surface area contributed by atoms with Gasteiger partial charge in [-0.1, -0.05) is 0 Å².